The summed E-state index contributed by atoms with van der Waals surface area (Å²) in [5.41, 5.74) is 4.81. The van der Waals surface area contributed by atoms with E-state index in [0.717, 1.165) is 52.8 Å². The molecule has 1 saturated carbocycles. The smallest absolute Gasteiger partial charge is 0.410 e. The normalized spacial score (nSPS) is 17.1. The standard InChI is InChI=1S/C42H47ClF2N4O10/c1-26-29(17-19-46-40(26)57-23-18-36(50)55-2)25-47(30-11-12-30)41(51)37-32(24-31-13-16-35(37)48(31)42(52)58-20-3-4-22-59-49(53)54)28-9-7-27(8-10-28)6-5-21-56-39-34(45)15-14-33(44)38(39)43/h7-10,14-15,17,19,30-31,35H,3-6,11-13,16,18,20-25H2,1-2H3. The molecule has 1 aliphatic carbocycles. The lowest BCUT2D eigenvalue weighted by molar-refractivity contribution is -0.757. The summed E-state index contributed by atoms with van der Waals surface area (Å²) >= 11 is 5.90. The van der Waals surface area contributed by atoms with Gasteiger partial charge in [0.15, 0.2) is 11.6 Å². The van der Waals surface area contributed by atoms with E-state index in [4.69, 9.17) is 30.5 Å². The quantitative estimate of drug-likeness (QED) is 0.0363. The summed E-state index contributed by atoms with van der Waals surface area (Å²) < 4.78 is 49.7. The molecule has 1 aromatic heterocycles. The molecule has 316 valence electrons. The van der Waals surface area contributed by atoms with Gasteiger partial charge in [-0.15, -0.1) is 10.1 Å². The molecule has 2 atom stereocenters. The first-order valence-electron chi connectivity index (χ1n) is 19.7. The number of nitrogens with zero attached hydrogens (tertiary/aromatic N) is 4. The summed E-state index contributed by atoms with van der Waals surface area (Å²) in [5, 5.41) is 9.22. The third kappa shape index (κ3) is 10.8. The number of ether oxygens (including phenoxy) is 4. The molecule has 59 heavy (non-hydrogen) atoms. The second-order valence-corrected chi connectivity index (χ2v) is 15.1. The summed E-state index contributed by atoms with van der Waals surface area (Å²) in [7, 11) is 1.31. The van der Waals surface area contributed by atoms with Crippen molar-refractivity contribution in [2.45, 2.75) is 95.8 Å². The molecule has 17 heteroatoms. The van der Waals surface area contributed by atoms with E-state index in [2.05, 4.69) is 9.82 Å². The molecule has 3 aromatic rings. The minimum absolute atomic E-state index is 0.00579. The predicted molar refractivity (Wildman–Crippen MR) is 210 cm³/mol. The molecule has 2 aliphatic heterocycles. The zero-order chi connectivity index (χ0) is 42.1. The van der Waals surface area contributed by atoms with Gasteiger partial charge in [0, 0.05) is 36.0 Å². The van der Waals surface area contributed by atoms with Crippen molar-refractivity contribution >= 4 is 35.1 Å². The van der Waals surface area contributed by atoms with Gasteiger partial charge in [0.05, 0.1) is 39.4 Å². The van der Waals surface area contributed by atoms with Crippen molar-refractivity contribution in [3.63, 3.8) is 0 Å². The number of hydrogen-bond donors (Lipinski definition) is 0. The number of pyridine rings is 1. The van der Waals surface area contributed by atoms with Crippen molar-refractivity contribution in [3.8, 4) is 11.6 Å². The minimum atomic E-state index is -0.860. The van der Waals surface area contributed by atoms with Gasteiger partial charge in [0.2, 0.25) is 5.88 Å². The number of rotatable bonds is 20. The van der Waals surface area contributed by atoms with Gasteiger partial charge < -0.3 is 28.7 Å². The highest BCUT2D eigenvalue weighted by atomic mass is 35.5. The van der Waals surface area contributed by atoms with Crippen molar-refractivity contribution in [1.82, 2.24) is 14.8 Å². The Bertz CT molecular complexity index is 2050. The molecule has 0 radical (unpaired) electrons. The van der Waals surface area contributed by atoms with E-state index in [0.29, 0.717) is 56.4 Å². The van der Waals surface area contributed by atoms with Crippen LogP contribution in [0.4, 0.5) is 13.6 Å². The highest BCUT2D eigenvalue weighted by molar-refractivity contribution is 6.32. The number of aryl methyl sites for hydroxylation is 1. The third-order valence-corrected chi connectivity index (χ3v) is 11.1. The number of methoxy groups -OCH3 is 1. The second-order valence-electron chi connectivity index (χ2n) is 14.7. The lowest BCUT2D eigenvalue weighted by Gasteiger charge is -2.38. The Balaban J connectivity index is 1.22. The first kappa shape index (κ1) is 43.1. The van der Waals surface area contributed by atoms with Crippen LogP contribution in [-0.4, -0.2) is 89.5 Å². The largest absolute Gasteiger partial charge is 0.489 e. The van der Waals surface area contributed by atoms with Crippen LogP contribution in [0.5, 0.6) is 11.6 Å². The van der Waals surface area contributed by atoms with E-state index >= 15 is 4.79 Å². The van der Waals surface area contributed by atoms with Crippen molar-refractivity contribution in [2.75, 3.05) is 33.5 Å². The van der Waals surface area contributed by atoms with Crippen molar-refractivity contribution in [3.05, 3.63) is 103 Å². The van der Waals surface area contributed by atoms with E-state index in [1.807, 2.05) is 42.2 Å². The van der Waals surface area contributed by atoms with Crippen LogP contribution in [0, 0.1) is 28.7 Å². The van der Waals surface area contributed by atoms with Gasteiger partial charge in [0.1, 0.15) is 17.4 Å². The van der Waals surface area contributed by atoms with Crippen LogP contribution in [0.25, 0.3) is 5.57 Å². The highest BCUT2D eigenvalue weighted by Crippen LogP contribution is 2.45. The van der Waals surface area contributed by atoms with Gasteiger partial charge >= 0.3 is 12.1 Å². The number of carbonyl (C=O) groups excluding carboxylic acids is 3. The molecule has 2 bridgehead atoms. The van der Waals surface area contributed by atoms with E-state index < -0.39 is 39.8 Å². The van der Waals surface area contributed by atoms with Crippen LogP contribution in [-0.2, 0) is 36.9 Å². The molecule has 3 aliphatic rings. The molecule has 2 amide bonds. The van der Waals surface area contributed by atoms with Crippen LogP contribution >= 0.6 is 11.6 Å². The zero-order valence-electron chi connectivity index (χ0n) is 33.0. The summed E-state index contributed by atoms with van der Waals surface area (Å²) in [6.45, 7) is 2.29. The predicted octanol–water partition coefficient (Wildman–Crippen LogP) is 7.58. The number of benzene rings is 2. The topological polar surface area (TPSA) is 160 Å². The van der Waals surface area contributed by atoms with Gasteiger partial charge in [-0.3, -0.25) is 14.5 Å². The van der Waals surface area contributed by atoms with Crippen LogP contribution in [0.1, 0.15) is 80.0 Å². The van der Waals surface area contributed by atoms with Gasteiger partial charge in [-0.1, -0.05) is 35.9 Å². The van der Waals surface area contributed by atoms with Gasteiger partial charge in [-0.25, -0.2) is 18.6 Å². The summed E-state index contributed by atoms with van der Waals surface area (Å²) in [4.78, 5) is 63.1. The molecule has 2 fully saturated rings. The molecular weight excluding hydrogens is 794 g/mol. The Labute approximate surface area is 345 Å². The molecule has 0 spiro atoms. The van der Waals surface area contributed by atoms with E-state index in [-0.39, 0.29) is 63.1 Å². The maximum absolute atomic E-state index is 15.1. The third-order valence-electron chi connectivity index (χ3n) is 10.8. The van der Waals surface area contributed by atoms with Crippen molar-refractivity contribution in [2.24, 2.45) is 0 Å². The Hall–Kier alpha value is -5.51. The molecule has 2 unspecified atom stereocenters. The number of halogens is 3. The Morgan fingerprint density at radius 3 is 2.42 bits per heavy atom. The van der Waals surface area contributed by atoms with Gasteiger partial charge in [-0.05, 0) is 105 Å². The van der Waals surface area contributed by atoms with Gasteiger partial charge in [-0.2, -0.15) is 0 Å². The number of fused-ring (bicyclic) bond motifs is 2. The van der Waals surface area contributed by atoms with E-state index in [1.54, 1.807) is 11.1 Å². The first-order valence-corrected chi connectivity index (χ1v) is 20.1. The maximum Gasteiger partial charge on any atom is 0.410 e. The number of hydrogen-bond acceptors (Lipinski definition) is 11. The lowest BCUT2D eigenvalue weighted by atomic mass is 9.87. The molecule has 0 N–H and O–H groups in total. The Kier molecular flexibility index (Phi) is 14.6. The summed E-state index contributed by atoms with van der Waals surface area (Å²) in [6.07, 6.45) is 6.26. The highest BCUT2D eigenvalue weighted by Gasteiger charge is 2.49. The van der Waals surface area contributed by atoms with Crippen LogP contribution in [0.15, 0.2) is 54.2 Å². The fourth-order valence-corrected chi connectivity index (χ4v) is 7.78. The SMILES string of the molecule is COC(=O)CCOc1nccc(CN(C(=O)C2=C(c3ccc(CCCOc4c(F)ccc(F)c4Cl)cc3)CC3CCC2N3C(=O)OCCCCO[N+](=O)[O-])C2CC2)c1C. The molecule has 3 heterocycles. The molecular formula is C42H47ClF2N4O10. The molecule has 1 saturated heterocycles. The molecule has 14 nitrogen and oxygen atoms in total. The van der Waals surface area contributed by atoms with Crippen LogP contribution in [0.2, 0.25) is 5.02 Å². The van der Waals surface area contributed by atoms with Crippen LogP contribution in [0.3, 0.4) is 0 Å². The first-order chi connectivity index (χ1) is 28.5. The fourth-order valence-electron chi connectivity index (χ4n) is 7.57. The monoisotopic (exact) mass is 840 g/mol. The zero-order valence-corrected chi connectivity index (χ0v) is 33.7. The van der Waals surface area contributed by atoms with Crippen molar-refractivity contribution < 1.29 is 52.0 Å². The van der Waals surface area contributed by atoms with E-state index in [9.17, 15) is 28.5 Å². The van der Waals surface area contributed by atoms with Crippen molar-refractivity contribution in [1.29, 1.82) is 0 Å². The average Bonchev–Trinajstić information content (AvgIpc) is 4.02. The second kappa shape index (κ2) is 20.0. The van der Waals surface area contributed by atoms with Gasteiger partial charge in [0.25, 0.3) is 11.0 Å². The average molecular weight is 841 g/mol. The fraction of sp³-hybridized carbons (Fsp3) is 0.476. The van der Waals surface area contributed by atoms with E-state index in [1.165, 1.54) is 7.11 Å². The number of esters is 1. The minimum Gasteiger partial charge on any atom is -0.489 e. The number of aromatic nitrogens is 1. The number of amides is 2. The number of unbranched alkanes of at least 4 members (excludes halogenated alkanes) is 1. The number of carbonyl (C=O) groups is 3. The Morgan fingerprint density at radius 2 is 1.69 bits per heavy atom. The Morgan fingerprint density at radius 1 is 0.949 bits per heavy atom. The maximum atomic E-state index is 15.1. The molecule has 6 rings (SSSR count). The van der Waals surface area contributed by atoms with Crippen LogP contribution < -0.4 is 9.47 Å². The lowest BCUT2D eigenvalue weighted by Crippen LogP contribution is -2.49. The summed E-state index contributed by atoms with van der Waals surface area (Å²) in [6, 6.07) is 10.9. The summed E-state index contributed by atoms with van der Waals surface area (Å²) in [5.74, 6) is -2.03. The molecule has 2 aromatic carbocycles.